The summed E-state index contributed by atoms with van der Waals surface area (Å²) < 4.78 is 23.8. The fraction of sp³-hybridized carbons (Fsp3) is 0.304. The van der Waals surface area contributed by atoms with E-state index in [2.05, 4.69) is 10.2 Å². The van der Waals surface area contributed by atoms with Crippen molar-refractivity contribution in [2.24, 2.45) is 0 Å². The molecule has 2 heterocycles. The molecular weight excluding hydrogens is 385 g/mol. The van der Waals surface area contributed by atoms with Crippen molar-refractivity contribution in [1.29, 1.82) is 0 Å². The normalized spacial score (nSPS) is 12.2. The second-order valence-electron chi connectivity index (χ2n) is 7.36. The Kier molecular flexibility index (Phi) is 5.97. The number of nitrogens with zero attached hydrogens (tertiary/aromatic N) is 2. The first kappa shape index (κ1) is 19.9. The standard InChI is InChI=1S/C23H24FN3O3/c1-27(23(28)19-7-5-8-21-22(19)30-15-29-21)13-4-2-3-6-18-14-20(26-25-18)16-9-11-17(24)12-10-16/h5,7-12,14H,2-4,6,13,15H2,1H3,(H,25,26). The number of nitrogens with one attached hydrogen (secondary N) is 1. The molecule has 0 saturated heterocycles. The first-order valence-electron chi connectivity index (χ1n) is 10.1. The number of aromatic amines is 1. The quantitative estimate of drug-likeness (QED) is 0.559. The molecule has 30 heavy (non-hydrogen) atoms. The van der Waals surface area contributed by atoms with Crippen LogP contribution in [-0.4, -0.2) is 41.4 Å². The Morgan fingerprint density at radius 3 is 2.80 bits per heavy atom. The van der Waals surface area contributed by atoms with Crippen molar-refractivity contribution in [3.05, 3.63) is 65.6 Å². The maximum Gasteiger partial charge on any atom is 0.257 e. The minimum Gasteiger partial charge on any atom is -0.454 e. The van der Waals surface area contributed by atoms with Gasteiger partial charge in [0.15, 0.2) is 11.5 Å². The van der Waals surface area contributed by atoms with Gasteiger partial charge in [-0.15, -0.1) is 0 Å². The smallest absolute Gasteiger partial charge is 0.257 e. The SMILES string of the molecule is CN(CCCCCc1cc(-c2ccc(F)cc2)n[nH]1)C(=O)c1cccc2c1OCO2. The molecule has 0 saturated carbocycles. The zero-order chi connectivity index (χ0) is 20.9. The summed E-state index contributed by atoms with van der Waals surface area (Å²) in [5, 5.41) is 7.35. The molecule has 7 heteroatoms. The number of halogens is 1. The van der Waals surface area contributed by atoms with E-state index in [1.54, 1.807) is 42.3 Å². The molecule has 1 aliphatic rings. The summed E-state index contributed by atoms with van der Waals surface area (Å²) >= 11 is 0. The molecule has 0 fully saturated rings. The average molecular weight is 409 g/mol. The number of aromatic nitrogens is 2. The number of hydrogen-bond donors (Lipinski definition) is 1. The number of fused-ring (bicyclic) bond motifs is 1. The van der Waals surface area contributed by atoms with Crippen LogP contribution >= 0.6 is 0 Å². The van der Waals surface area contributed by atoms with Gasteiger partial charge in [0.2, 0.25) is 6.79 Å². The maximum atomic E-state index is 13.0. The number of rotatable bonds is 8. The Hall–Kier alpha value is -3.35. The average Bonchev–Trinajstić information content (AvgIpc) is 3.42. The summed E-state index contributed by atoms with van der Waals surface area (Å²) in [5.74, 6) is 0.838. The molecule has 0 atom stereocenters. The lowest BCUT2D eigenvalue weighted by atomic mass is 10.1. The van der Waals surface area contributed by atoms with Crippen LogP contribution in [0.15, 0.2) is 48.5 Å². The molecule has 1 aliphatic heterocycles. The number of benzene rings is 2. The first-order chi connectivity index (χ1) is 14.6. The van der Waals surface area contributed by atoms with Gasteiger partial charge >= 0.3 is 0 Å². The molecule has 0 bridgehead atoms. The number of hydrogen-bond acceptors (Lipinski definition) is 4. The number of ether oxygens (including phenoxy) is 2. The Labute approximate surface area is 174 Å². The summed E-state index contributed by atoms with van der Waals surface area (Å²) in [4.78, 5) is 14.4. The molecule has 2 aromatic carbocycles. The zero-order valence-corrected chi connectivity index (χ0v) is 16.9. The summed E-state index contributed by atoms with van der Waals surface area (Å²) in [5.41, 5.74) is 3.30. The van der Waals surface area contributed by atoms with Crippen LogP contribution in [0.4, 0.5) is 4.39 Å². The van der Waals surface area contributed by atoms with Gasteiger partial charge in [0, 0.05) is 24.8 Å². The topological polar surface area (TPSA) is 67.5 Å². The second-order valence-corrected chi connectivity index (χ2v) is 7.36. The van der Waals surface area contributed by atoms with E-state index in [0.29, 0.717) is 23.6 Å². The molecule has 0 aliphatic carbocycles. The van der Waals surface area contributed by atoms with E-state index in [4.69, 9.17) is 9.47 Å². The van der Waals surface area contributed by atoms with E-state index in [-0.39, 0.29) is 18.5 Å². The fourth-order valence-corrected chi connectivity index (χ4v) is 3.51. The Balaban J connectivity index is 1.22. The van der Waals surface area contributed by atoms with Gasteiger partial charge in [-0.05, 0) is 61.7 Å². The Bertz CT molecular complexity index is 1020. The van der Waals surface area contributed by atoms with E-state index < -0.39 is 0 Å². The highest BCUT2D eigenvalue weighted by atomic mass is 19.1. The number of para-hydroxylation sites is 1. The molecule has 1 amide bonds. The van der Waals surface area contributed by atoms with Crippen molar-refractivity contribution < 1.29 is 18.7 Å². The van der Waals surface area contributed by atoms with Crippen molar-refractivity contribution in [1.82, 2.24) is 15.1 Å². The molecule has 0 spiro atoms. The van der Waals surface area contributed by atoms with Crippen molar-refractivity contribution in [3.63, 3.8) is 0 Å². The fourth-order valence-electron chi connectivity index (χ4n) is 3.51. The molecule has 3 aromatic rings. The van der Waals surface area contributed by atoms with E-state index in [9.17, 15) is 9.18 Å². The second kappa shape index (κ2) is 8.98. The molecular formula is C23H24FN3O3. The highest BCUT2D eigenvalue weighted by Gasteiger charge is 2.23. The van der Waals surface area contributed by atoms with Gasteiger partial charge in [0.05, 0.1) is 11.3 Å². The molecule has 4 rings (SSSR count). The molecule has 0 unspecified atom stereocenters. The highest BCUT2D eigenvalue weighted by Crippen LogP contribution is 2.35. The Morgan fingerprint density at radius 1 is 1.13 bits per heavy atom. The molecule has 1 aromatic heterocycles. The number of amides is 1. The third-order valence-electron chi connectivity index (χ3n) is 5.18. The van der Waals surface area contributed by atoms with Crippen LogP contribution in [0.1, 0.15) is 35.3 Å². The van der Waals surface area contributed by atoms with Crippen LogP contribution in [0.3, 0.4) is 0 Å². The van der Waals surface area contributed by atoms with E-state index in [1.165, 1.54) is 12.1 Å². The number of H-pyrrole nitrogens is 1. The number of carbonyl (C=O) groups is 1. The molecule has 0 radical (unpaired) electrons. The molecule has 1 N–H and O–H groups in total. The highest BCUT2D eigenvalue weighted by molar-refractivity contribution is 5.97. The summed E-state index contributed by atoms with van der Waals surface area (Å²) in [6.07, 6.45) is 3.77. The van der Waals surface area contributed by atoms with Crippen LogP contribution in [0.25, 0.3) is 11.3 Å². The van der Waals surface area contributed by atoms with Gasteiger partial charge in [0.25, 0.3) is 5.91 Å². The van der Waals surface area contributed by atoms with E-state index in [1.807, 2.05) is 6.07 Å². The monoisotopic (exact) mass is 409 g/mol. The lowest BCUT2D eigenvalue weighted by Crippen LogP contribution is -2.28. The third-order valence-corrected chi connectivity index (χ3v) is 5.18. The van der Waals surface area contributed by atoms with Crippen LogP contribution < -0.4 is 9.47 Å². The lowest BCUT2D eigenvalue weighted by Gasteiger charge is -2.18. The van der Waals surface area contributed by atoms with Gasteiger partial charge in [0.1, 0.15) is 5.82 Å². The van der Waals surface area contributed by atoms with Crippen molar-refractivity contribution in [2.45, 2.75) is 25.7 Å². The summed E-state index contributed by atoms with van der Waals surface area (Å²) in [6.45, 7) is 0.826. The largest absolute Gasteiger partial charge is 0.454 e. The number of aryl methyl sites for hydroxylation is 1. The lowest BCUT2D eigenvalue weighted by molar-refractivity contribution is 0.0788. The van der Waals surface area contributed by atoms with Gasteiger partial charge in [-0.25, -0.2) is 4.39 Å². The predicted molar refractivity (Wildman–Crippen MR) is 111 cm³/mol. The minimum absolute atomic E-state index is 0.0603. The van der Waals surface area contributed by atoms with E-state index >= 15 is 0 Å². The van der Waals surface area contributed by atoms with Crippen LogP contribution in [-0.2, 0) is 6.42 Å². The predicted octanol–water partition coefficient (Wildman–Crippen LogP) is 4.43. The van der Waals surface area contributed by atoms with Gasteiger partial charge in [-0.1, -0.05) is 12.5 Å². The number of unbranched alkanes of at least 4 members (excludes halogenated alkanes) is 2. The molecule has 6 nitrogen and oxygen atoms in total. The number of carbonyl (C=O) groups excluding carboxylic acids is 1. The van der Waals surface area contributed by atoms with Crippen LogP contribution in [0.2, 0.25) is 0 Å². The minimum atomic E-state index is -0.254. The van der Waals surface area contributed by atoms with Crippen molar-refractivity contribution in [3.8, 4) is 22.8 Å². The van der Waals surface area contributed by atoms with Gasteiger partial charge in [-0.3, -0.25) is 9.89 Å². The summed E-state index contributed by atoms with van der Waals surface area (Å²) in [7, 11) is 1.81. The van der Waals surface area contributed by atoms with Crippen molar-refractivity contribution >= 4 is 5.91 Å². The maximum absolute atomic E-state index is 13.0. The van der Waals surface area contributed by atoms with Crippen molar-refractivity contribution in [2.75, 3.05) is 20.4 Å². The Morgan fingerprint density at radius 2 is 1.97 bits per heavy atom. The van der Waals surface area contributed by atoms with E-state index in [0.717, 1.165) is 42.6 Å². The van der Waals surface area contributed by atoms with Gasteiger partial charge in [-0.2, -0.15) is 5.10 Å². The van der Waals surface area contributed by atoms with Crippen LogP contribution in [0.5, 0.6) is 11.5 Å². The van der Waals surface area contributed by atoms with Gasteiger partial charge < -0.3 is 14.4 Å². The van der Waals surface area contributed by atoms with Crippen LogP contribution in [0, 0.1) is 5.82 Å². The third kappa shape index (κ3) is 4.45. The zero-order valence-electron chi connectivity index (χ0n) is 16.9. The summed E-state index contributed by atoms with van der Waals surface area (Å²) in [6, 6.07) is 13.7. The molecule has 156 valence electrons. The first-order valence-corrected chi connectivity index (χ1v) is 10.1.